The van der Waals surface area contributed by atoms with Crippen LogP contribution in [0, 0.1) is 12.8 Å². The molecule has 1 aliphatic rings. The highest BCUT2D eigenvalue weighted by Gasteiger charge is 2.17. The summed E-state index contributed by atoms with van der Waals surface area (Å²) in [7, 11) is 0. The van der Waals surface area contributed by atoms with E-state index in [0.717, 1.165) is 49.0 Å². The van der Waals surface area contributed by atoms with Crippen LogP contribution in [0.5, 0.6) is 5.75 Å². The van der Waals surface area contributed by atoms with E-state index in [2.05, 4.69) is 45.7 Å². The lowest BCUT2D eigenvalue weighted by molar-refractivity contribution is 0.166. The molecule has 0 aliphatic carbocycles. The van der Waals surface area contributed by atoms with E-state index < -0.39 is 0 Å². The minimum absolute atomic E-state index is 0.475. The van der Waals surface area contributed by atoms with E-state index in [-0.39, 0.29) is 0 Å². The van der Waals surface area contributed by atoms with Crippen LogP contribution >= 0.6 is 11.6 Å². The van der Waals surface area contributed by atoms with Crippen molar-refractivity contribution in [2.45, 2.75) is 33.4 Å². The first kappa shape index (κ1) is 21.4. The number of benzene rings is 1. The van der Waals surface area contributed by atoms with Crippen molar-refractivity contribution in [1.29, 1.82) is 0 Å². The molecule has 2 heterocycles. The minimum Gasteiger partial charge on any atom is -0.493 e. The molecule has 0 amide bonds. The van der Waals surface area contributed by atoms with Gasteiger partial charge in [0.05, 0.1) is 19.8 Å². The second-order valence-corrected chi connectivity index (χ2v) is 7.58. The number of nitrogens with one attached hydrogen (secondary N) is 2. The van der Waals surface area contributed by atoms with Crippen molar-refractivity contribution in [2.24, 2.45) is 10.9 Å². The number of aryl methyl sites for hydroxylation is 1. The molecule has 0 spiro atoms. The van der Waals surface area contributed by atoms with E-state index in [1.165, 1.54) is 5.56 Å². The fraction of sp³-hybridized carbons (Fsp3) is 0.455. The quantitative estimate of drug-likeness (QED) is 0.390. The van der Waals surface area contributed by atoms with Gasteiger partial charge in [0, 0.05) is 37.4 Å². The topological polar surface area (TPSA) is 67.8 Å². The van der Waals surface area contributed by atoms with E-state index in [1.54, 1.807) is 12.3 Å². The Morgan fingerprint density at radius 2 is 2.21 bits per heavy atom. The Bertz CT molecular complexity index is 805. The molecular formula is C22H29ClN4O2. The Labute approximate surface area is 177 Å². The van der Waals surface area contributed by atoms with Crippen LogP contribution in [0.25, 0.3) is 0 Å². The van der Waals surface area contributed by atoms with Gasteiger partial charge < -0.3 is 20.1 Å². The van der Waals surface area contributed by atoms with Crippen LogP contribution < -0.4 is 15.4 Å². The zero-order valence-corrected chi connectivity index (χ0v) is 17.8. The summed E-state index contributed by atoms with van der Waals surface area (Å²) in [6.07, 6.45) is 2.81. The van der Waals surface area contributed by atoms with Crippen molar-refractivity contribution in [1.82, 2.24) is 15.6 Å². The van der Waals surface area contributed by atoms with Crippen LogP contribution in [0.3, 0.4) is 0 Å². The number of hydrogen-bond donors (Lipinski definition) is 2. The highest BCUT2D eigenvalue weighted by molar-refractivity contribution is 6.29. The van der Waals surface area contributed by atoms with Gasteiger partial charge in [-0.1, -0.05) is 29.8 Å². The van der Waals surface area contributed by atoms with Crippen molar-refractivity contribution in [2.75, 3.05) is 26.4 Å². The van der Waals surface area contributed by atoms with Gasteiger partial charge in [-0.05, 0) is 43.5 Å². The molecule has 1 aromatic heterocycles. The maximum Gasteiger partial charge on any atom is 0.191 e. The molecule has 1 saturated heterocycles. The lowest BCUT2D eigenvalue weighted by Crippen LogP contribution is -2.36. The predicted octanol–water partition coefficient (Wildman–Crippen LogP) is 3.71. The fourth-order valence-corrected chi connectivity index (χ4v) is 3.17. The standard InChI is InChI=1S/C22H29ClN4O2/c1-3-24-22(26-12-17-5-7-21(23)25-11-17)27-13-19-6-4-16(2)10-20(19)29-15-18-8-9-28-14-18/h4-7,10-11,18H,3,8-9,12-15H2,1-2H3,(H2,24,26,27). The Balaban J connectivity index is 1.62. The molecule has 2 N–H and O–H groups in total. The van der Waals surface area contributed by atoms with Crippen molar-refractivity contribution < 1.29 is 9.47 Å². The van der Waals surface area contributed by atoms with E-state index in [0.29, 0.717) is 30.8 Å². The van der Waals surface area contributed by atoms with Crippen molar-refractivity contribution in [3.05, 3.63) is 58.4 Å². The molecule has 0 saturated carbocycles. The summed E-state index contributed by atoms with van der Waals surface area (Å²) in [5.74, 6) is 2.14. The molecule has 0 bridgehead atoms. The van der Waals surface area contributed by atoms with Gasteiger partial charge in [0.25, 0.3) is 0 Å². The summed E-state index contributed by atoms with van der Waals surface area (Å²) in [5, 5.41) is 7.16. The number of halogens is 1. The Hall–Kier alpha value is -2.31. The zero-order chi connectivity index (χ0) is 20.5. The van der Waals surface area contributed by atoms with Crippen molar-refractivity contribution in [3.8, 4) is 5.75 Å². The number of hydrogen-bond acceptors (Lipinski definition) is 4. The summed E-state index contributed by atoms with van der Waals surface area (Å²) in [6.45, 7) is 8.37. The van der Waals surface area contributed by atoms with Crippen LogP contribution in [0.1, 0.15) is 30.0 Å². The molecule has 156 valence electrons. The first-order valence-corrected chi connectivity index (χ1v) is 10.4. The highest BCUT2D eigenvalue weighted by atomic mass is 35.5. The minimum atomic E-state index is 0.475. The number of ether oxygens (including phenoxy) is 2. The molecule has 0 radical (unpaired) electrons. The number of nitrogens with zero attached hydrogens (tertiary/aromatic N) is 2. The van der Waals surface area contributed by atoms with Gasteiger partial charge in [0.2, 0.25) is 0 Å². The van der Waals surface area contributed by atoms with E-state index in [9.17, 15) is 0 Å². The molecule has 1 aromatic carbocycles. The first-order valence-electron chi connectivity index (χ1n) is 10.1. The third-order valence-corrected chi connectivity index (χ3v) is 4.94. The molecular weight excluding hydrogens is 388 g/mol. The van der Waals surface area contributed by atoms with Crippen LogP contribution in [0.2, 0.25) is 5.15 Å². The normalized spacial score (nSPS) is 16.7. The molecule has 7 heteroatoms. The highest BCUT2D eigenvalue weighted by Crippen LogP contribution is 2.22. The van der Waals surface area contributed by atoms with Gasteiger partial charge in [0.1, 0.15) is 10.9 Å². The second-order valence-electron chi connectivity index (χ2n) is 7.19. The van der Waals surface area contributed by atoms with Crippen LogP contribution in [-0.2, 0) is 17.8 Å². The number of guanidine groups is 1. The SMILES string of the molecule is CCNC(=NCc1ccc(Cl)nc1)NCc1ccc(C)cc1OCC1CCOC1. The lowest BCUT2D eigenvalue weighted by Gasteiger charge is -2.17. The number of pyridine rings is 1. The van der Waals surface area contributed by atoms with Gasteiger partial charge in [-0.2, -0.15) is 0 Å². The van der Waals surface area contributed by atoms with E-state index in [1.807, 2.05) is 13.0 Å². The lowest BCUT2D eigenvalue weighted by atomic mass is 10.1. The Morgan fingerprint density at radius 3 is 2.93 bits per heavy atom. The van der Waals surface area contributed by atoms with Crippen molar-refractivity contribution >= 4 is 17.6 Å². The smallest absolute Gasteiger partial charge is 0.191 e. The molecule has 6 nitrogen and oxygen atoms in total. The van der Waals surface area contributed by atoms with E-state index in [4.69, 9.17) is 21.1 Å². The molecule has 29 heavy (non-hydrogen) atoms. The van der Waals surface area contributed by atoms with Crippen LogP contribution in [-0.4, -0.2) is 37.3 Å². The second kappa shape index (κ2) is 11.0. The van der Waals surface area contributed by atoms with Gasteiger partial charge in [-0.15, -0.1) is 0 Å². The van der Waals surface area contributed by atoms with Gasteiger partial charge in [-0.25, -0.2) is 9.98 Å². The number of rotatable bonds is 8. The molecule has 2 aromatic rings. The van der Waals surface area contributed by atoms with E-state index >= 15 is 0 Å². The van der Waals surface area contributed by atoms with Crippen LogP contribution in [0.4, 0.5) is 0 Å². The summed E-state index contributed by atoms with van der Waals surface area (Å²) in [4.78, 5) is 8.74. The summed E-state index contributed by atoms with van der Waals surface area (Å²) in [5.41, 5.74) is 3.29. The predicted molar refractivity (Wildman–Crippen MR) is 117 cm³/mol. The number of aromatic nitrogens is 1. The fourth-order valence-electron chi connectivity index (χ4n) is 3.06. The third kappa shape index (κ3) is 6.91. The van der Waals surface area contributed by atoms with Gasteiger partial charge >= 0.3 is 0 Å². The van der Waals surface area contributed by atoms with Crippen LogP contribution in [0.15, 0.2) is 41.5 Å². The molecule has 1 aliphatic heterocycles. The average molecular weight is 417 g/mol. The van der Waals surface area contributed by atoms with Gasteiger partial charge in [-0.3, -0.25) is 0 Å². The first-order chi connectivity index (χ1) is 14.1. The maximum absolute atomic E-state index is 6.13. The van der Waals surface area contributed by atoms with Crippen molar-refractivity contribution in [3.63, 3.8) is 0 Å². The molecule has 1 atom stereocenters. The Kier molecular flexibility index (Phi) is 8.14. The molecule has 3 rings (SSSR count). The van der Waals surface area contributed by atoms with Gasteiger partial charge in [0.15, 0.2) is 5.96 Å². The molecule has 1 fully saturated rings. The largest absolute Gasteiger partial charge is 0.493 e. The molecule has 1 unspecified atom stereocenters. The zero-order valence-electron chi connectivity index (χ0n) is 17.1. The number of aliphatic imine (C=N–C) groups is 1. The summed E-state index contributed by atoms with van der Waals surface area (Å²) >= 11 is 5.84. The monoisotopic (exact) mass is 416 g/mol. The summed E-state index contributed by atoms with van der Waals surface area (Å²) in [6, 6.07) is 10.0. The third-order valence-electron chi connectivity index (χ3n) is 4.72. The summed E-state index contributed by atoms with van der Waals surface area (Å²) < 4.78 is 11.6. The average Bonchev–Trinajstić information content (AvgIpc) is 3.24. The maximum atomic E-state index is 6.13. The Morgan fingerprint density at radius 1 is 1.31 bits per heavy atom.